The zero-order valence-corrected chi connectivity index (χ0v) is 17.8. The van der Waals surface area contributed by atoms with E-state index in [1.165, 1.54) is 13.5 Å². The maximum absolute atomic E-state index is 12.8. The van der Waals surface area contributed by atoms with Gasteiger partial charge in [0.1, 0.15) is 11.5 Å². The molecule has 1 fully saturated rings. The van der Waals surface area contributed by atoms with Crippen LogP contribution in [0.4, 0.5) is 11.5 Å². The van der Waals surface area contributed by atoms with Gasteiger partial charge in [-0.2, -0.15) is 0 Å². The minimum atomic E-state index is -0.409. The number of aryl methyl sites for hydroxylation is 1. The van der Waals surface area contributed by atoms with Gasteiger partial charge in [0.25, 0.3) is 5.91 Å². The highest BCUT2D eigenvalue weighted by atomic mass is 35.5. The van der Waals surface area contributed by atoms with Gasteiger partial charge in [0.15, 0.2) is 0 Å². The molecule has 2 heterocycles. The maximum atomic E-state index is 12.8. The Morgan fingerprint density at radius 2 is 2.07 bits per heavy atom. The molecular formula is C22H26ClN3O3. The van der Waals surface area contributed by atoms with Crippen LogP contribution in [0.1, 0.15) is 59.0 Å². The van der Waals surface area contributed by atoms with Crippen molar-refractivity contribution in [2.75, 3.05) is 23.9 Å². The summed E-state index contributed by atoms with van der Waals surface area (Å²) in [4.78, 5) is 31.4. The zero-order valence-electron chi connectivity index (χ0n) is 17.0. The van der Waals surface area contributed by atoms with Crippen molar-refractivity contribution in [3.05, 3.63) is 52.2 Å². The molecule has 154 valence electrons. The second-order valence-electron chi connectivity index (χ2n) is 7.26. The number of hydrogen-bond acceptors (Lipinski definition) is 5. The molecule has 1 atom stereocenters. The van der Waals surface area contributed by atoms with E-state index < -0.39 is 5.97 Å². The third-order valence-corrected chi connectivity index (χ3v) is 5.51. The van der Waals surface area contributed by atoms with E-state index in [0.29, 0.717) is 27.9 Å². The van der Waals surface area contributed by atoms with Crippen LogP contribution < -0.4 is 10.2 Å². The van der Waals surface area contributed by atoms with E-state index in [-0.39, 0.29) is 11.6 Å². The molecule has 0 unspecified atom stereocenters. The van der Waals surface area contributed by atoms with E-state index in [4.69, 9.17) is 16.3 Å². The lowest BCUT2D eigenvalue weighted by Crippen LogP contribution is -2.39. The highest BCUT2D eigenvalue weighted by Gasteiger charge is 2.23. The number of piperidine rings is 1. The monoisotopic (exact) mass is 415 g/mol. The van der Waals surface area contributed by atoms with Crippen molar-refractivity contribution in [3.63, 3.8) is 0 Å². The van der Waals surface area contributed by atoms with Crippen LogP contribution >= 0.6 is 11.6 Å². The number of ether oxygens (including phenoxy) is 1. The highest BCUT2D eigenvalue weighted by Crippen LogP contribution is 2.28. The summed E-state index contributed by atoms with van der Waals surface area (Å²) in [6.45, 7) is 4.88. The Morgan fingerprint density at radius 3 is 2.76 bits per heavy atom. The van der Waals surface area contributed by atoms with Crippen molar-refractivity contribution in [2.24, 2.45) is 0 Å². The van der Waals surface area contributed by atoms with Crippen LogP contribution in [0.2, 0.25) is 5.02 Å². The molecule has 1 aliphatic heterocycles. The number of hydrogen-bond donors (Lipinski definition) is 1. The quantitative estimate of drug-likeness (QED) is 0.706. The van der Waals surface area contributed by atoms with Crippen molar-refractivity contribution in [1.29, 1.82) is 0 Å². The number of carbonyl (C=O) groups is 2. The predicted octanol–water partition coefficient (Wildman–Crippen LogP) is 4.85. The average molecular weight is 416 g/mol. The fraction of sp³-hybridized carbons (Fsp3) is 0.409. The van der Waals surface area contributed by atoms with Crippen molar-refractivity contribution < 1.29 is 14.3 Å². The van der Waals surface area contributed by atoms with E-state index >= 15 is 0 Å². The first-order valence-electron chi connectivity index (χ1n) is 9.87. The van der Waals surface area contributed by atoms with Gasteiger partial charge >= 0.3 is 5.97 Å². The third-order valence-electron chi connectivity index (χ3n) is 5.29. The molecule has 1 aliphatic rings. The van der Waals surface area contributed by atoms with Crippen LogP contribution in [0, 0.1) is 6.92 Å². The second kappa shape index (κ2) is 9.27. The van der Waals surface area contributed by atoms with E-state index in [1.54, 1.807) is 31.2 Å². The SMILES string of the molecule is CC[C@H]1CCCCN1c1cc(Cl)cc(C(=O)Nc2ccc(C(=O)OC)c(C)c2)n1. The van der Waals surface area contributed by atoms with Crippen molar-refractivity contribution in [1.82, 2.24) is 4.98 Å². The van der Waals surface area contributed by atoms with Gasteiger partial charge in [0.05, 0.1) is 12.7 Å². The van der Waals surface area contributed by atoms with E-state index in [2.05, 4.69) is 22.1 Å². The fourth-order valence-electron chi connectivity index (χ4n) is 3.75. The number of benzene rings is 1. The van der Waals surface area contributed by atoms with Gasteiger partial charge < -0.3 is 15.0 Å². The summed E-state index contributed by atoms with van der Waals surface area (Å²) in [5.41, 5.74) is 2.02. The molecule has 0 aliphatic carbocycles. The number of amides is 1. The molecule has 0 bridgehead atoms. The first-order valence-corrected chi connectivity index (χ1v) is 10.2. The normalized spacial score (nSPS) is 16.4. The Labute approximate surface area is 176 Å². The van der Waals surface area contributed by atoms with Gasteiger partial charge in [-0.1, -0.05) is 18.5 Å². The lowest BCUT2D eigenvalue weighted by atomic mass is 10.00. The number of carbonyl (C=O) groups excluding carboxylic acids is 2. The Hall–Kier alpha value is -2.60. The number of nitrogens with zero attached hydrogens (tertiary/aromatic N) is 2. The lowest BCUT2D eigenvalue weighted by Gasteiger charge is -2.36. The Balaban J connectivity index is 1.82. The van der Waals surface area contributed by atoms with Crippen LogP contribution in [0.15, 0.2) is 30.3 Å². The molecule has 1 aromatic heterocycles. The minimum absolute atomic E-state index is 0.266. The highest BCUT2D eigenvalue weighted by molar-refractivity contribution is 6.31. The second-order valence-corrected chi connectivity index (χ2v) is 7.69. The number of anilines is 2. The zero-order chi connectivity index (χ0) is 21.0. The number of nitrogens with one attached hydrogen (secondary N) is 1. The van der Waals surface area contributed by atoms with Crippen LogP contribution in [-0.4, -0.2) is 36.6 Å². The summed E-state index contributed by atoms with van der Waals surface area (Å²) < 4.78 is 4.75. The summed E-state index contributed by atoms with van der Waals surface area (Å²) in [5.74, 6) is -0.0102. The molecule has 1 N–H and O–H groups in total. The summed E-state index contributed by atoms with van der Waals surface area (Å²) in [6, 6.07) is 8.84. The summed E-state index contributed by atoms with van der Waals surface area (Å²) in [6.07, 6.45) is 4.47. The van der Waals surface area contributed by atoms with Crippen molar-refractivity contribution in [3.8, 4) is 0 Å². The first kappa shape index (κ1) is 21.1. The van der Waals surface area contributed by atoms with Gasteiger partial charge in [0, 0.05) is 23.3 Å². The lowest BCUT2D eigenvalue weighted by molar-refractivity contribution is 0.0600. The molecule has 0 radical (unpaired) electrons. The Kier molecular flexibility index (Phi) is 6.75. The van der Waals surface area contributed by atoms with Crippen LogP contribution in [0.5, 0.6) is 0 Å². The Morgan fingerprint density at radius 1 is 1.28 bits per heavy atom. The summed E-state index contributed by atoms with van der Waals surface area (Å²) >= 11 is 6.31. The number of methoxy groups -OCH3 is 1. The average Bonchev–Trinajstić information content (AvgIpc) is 2.72. The van der Waals surface area contributed by atoms with Gasteiger partial charge in [-0.05, 0) is 68.5 Å². The van der Waals surface area contributed by atoms with Gasteiger partial charge in [-0.15, -0.1) is 0 Å². The van der Waals surface area contributed by atoms with Gasteiger partial charge in [0.2, 0.25) is 0 Å². The van der Waals surface area contributed by atoms with Gasteiger partial charge in [-0.3, -0.25) is 4.79 Å². The molecule has 1 aromatic carbocycles. The topological polar surface area (TPSA) is 71.5 Å². The molecule has 2 aromatic rings. The maximum Gasteiger partial charge on any atom is 0.338 e. The van der Waals surface area contributed by atoms with E-state index in [0.717, 1.165) is 31.6 Å². The van der Waals surface area contributed by atoms with Crippen LogP contribution in [0.25, 0.3) is 0 Å². The van der Waals surface area contributed by atoms with Crippen LogP contribution in [0.3, 0.4) is 0 Å². The van der Waals surface area contributed by atoms with Gasteiger partial charge in [-0.25, -0.2) is 9.78 Å². The summed E-state index contributed by atoms with van der Waals surface area (Å²) in [7, 11) is 1.34. The number of pyridine rings is 1. The predicted molar refractivity (Wildman–Crippen MR) is 115 cm³/mol. The third kappa shape index (κ3) is 4.88. The Bertz CT molecular complexity index is 916. The number of rotatable bonds is 5. The molecule has 3 rings (SSSR count). The fourth-order valence-corrected chi connectivity index (χ4v) is 3.95. The van der Waals surface area contributed by atoms with E-state index in [1.807, 2.05) is 6.07 Å². The largest absolute Gasteiger partial charge is 0.465 e. The molecular weight excluding hydrogens is 390 g/mol. The van der Waals surface area contributed by atoms with E-state index in [9.17, 15) is 9.59 Å². The van der Waals surface area contributed by atoms with Crippen molar-refractivity contribution in [2.45, 2.75) is 45.6 Å². The number of aromatic nitrogens is 1. The molecule has 0 spiro atoms. The molecule has 0 saturated carbocycles. The molecule has 6 nitrogen and oxygen atoms in total. The first-order chi connectivity index (χ1) is 13.9. The van der Waals surface area contributed by atoms with Crippen LogP contribution in [-0.2, 0) is 4.74 Å². The van der Waals surface area contributed by atoms with Crippen molar-refractivity contribution >= 4 is 35.0 Å². The number of esters is 1. The molecule has 1 saturated heterocycles. The smallest absolute Gasteiger partial charge is 0.338 e. The number of halogens is 1. The standard InChI is InChI=1S/C22H26ClN3O3/c1-4-17-7-5-6-10-26(17)20-13-15(23)12-19(25-20)21(27)24-16-8-9-18(14(2)11-16)22(28)29-3/h8-9,11-13,17H,4-7,10H2,1-3H3,(H,24,27)/t17-/m0/s1. The molecule has 29 heavy (non-hydrogen) atoms. The summed E-state index contributed by atoms with van der Waals surface area (Å²) in [5, 5.41) is 3.32. The molecule has 7 heteroatoms. The molecule has 1 amide bonds. The minimum Gasteiger partial charge on any atom is -0.465 e.